The Morgan fingerprint density at radius 1 is 0.588 bits per heavy atom. The summed E-state index contributed by atoms with van der Waals surface area (Å²) in [7, 11) is 0. The molecule has 3 fully saturated rings. The molecule has 16 heteroatoms. The highest BCUT2D eigenvalue weighted by atomic mass is 16.8. The lowest BCUT2D eigenvalue weighted by Crippen LogP contribution is -2.63. The number of ether oxygens (including phenoxy) is 5. The van der Waals surface area contributed by atoms with Crippen LogP contribution in [0.2, 0.25) is 0 Å². The molecule has 3 heterocycles. The Labute approximate surface area is 192 Å². The average molecular weight is 504 g/mol. The van der Waals surface area contributed by atoms with Gasteiger partial charge in [0, 0.05) is 0 Å². The smallest absolute Gasteiger partial charge is 0.224 e. The van der Waals surface area contributed by atoms with E-state index in [9.17, 15) is 56.2 Å². The van der Waals surface area contributed by atoms with Crippen molar-refractivity contribution in [1.82, 2.24) is 0 Å². The minimum atomic E-state index is -2.36. The molecule has 0 bridgehead atoms. The second kappa shape index (κ2) is 11.2. The molecule has 34 heavy (non-hydrogen) atoms. The van der Waals surface area contributed by atoms with Crippen molar-refractivity contribution < 1.29 is 79.9 Å². The van der Waals surface area contributed by atoms with Gasteiger partial charge in [-0.15, -0.1) is 0 Å². The van der Waals surface area contributed by atoms with Gasteiger partial charge in [0.15, 0.2) is 12.6 Å². The topological polar surface area (TPSA) is 269 Å². The van der Waals surface area contributed by atoms with E-state index in [1.165, 1.54) is 0 Å². The highest BCUT2D eigenvalue weighted by molar-refractivity contribution is 4.98. The van der Waals surface area contributed by atoms with Gasteiger partial charge < -0.3 is 79.9 Å². The first kappa shape index (κ1) is 27.9. The van der Waals surface area contributed by atoms with Crippen LogP contribution in [0.4, 0.5) is 0 Å². The SMILES string of the molecule is OC[C@@H]1OC(OC[C@@H]2OC(O[C@@]3(CO)O[C@@H](CO)[C@H](O)[C@H]3O)[C@@H](O)[C@H](O)[C@H]2O)[C@@H](O)[C@H](O)[C@@H]1O. The third kappa shape index (κ3) is 5.09. The van der Waals surface area contributed by atoms with Gasteiger partial charge in [-0.05, 0) is 0 Å². The van der Waals surface area contributed by atoms with Crippen molar-refractivity contribution in [2.24, 2.45) is 0 Å². The third-order valence-electron chi connectivity index (χ3n) is 6.16. The van der Waals surface area contributed by atoms with E-state index in [2.05, 4.69) is 0 Å². The summed E-state index contributed by atoms with van der Waals surface area (Å²) in [4.78, 5) is 0. The van der Waals surface area contributed by atoms with Gasteiger partial charge in [-0.2, -0.15) is 0 Å². The number of hydrogen-bond acceptors (Lipinski definition) is 16. The maximum absolute atomic E-state index is 10.3. The molecule has 3 rings (SSSR count). The second-order valence-corrected chi connectivity index (χ2v) is 8.41. The molecule has 11 N–H and O–H groups in total. The fraction of sp³-hybridized carbons (Fsp3) is 1.00. The molecule has 0 saturated carbocycles. The van der Waals surface area contributed by atoms with Gasteiger partial charge in [-0.1, -0.05) is 0 Å². The zero-order valence-corrected chi connectivity index (χ0v) is 17.8. The quantitative estimate of drug-likeness (QED) is 0.146. The van der Waals surface area contributed by atoms with E-state index in [-0.39, 0.29) is 0 Å². The minimum absolute atomic E-state index is 0.634. The summed E-state index contributed by atoms with van der Waals surface area (Å²) in [5, 5.41) is 109. The van der Waals surface area contributed by atoms with Crippen LogP contribution in [0, 0.1) is 0 Å². The second-order valence-electron chi connectivity index (χ2n) is 8.41. The lowest BCUT2D eigenvalue weighted by molar-refractivity contribution is -0.388. The summed E-state index contributed by atoms with van der Waals surface area (Å²) in [6.45, 7) is -3.14. The fourth-order valence-corrected chi connectivity index (χ4v) is 4.01. The molecule has 200 valence electrons. The molecule has 0 aliphatic carbocycles. The van der Waals surface area contributed by atoms with Gasteiger partial charge in [0.2, 0.25) is 5.79 Å². The van der Waals surface area contributed by atoms with Crippen molar-refractivity contribution in [3.8, 4) is 0 Å². The Balaban J connectivity index is 1.69. The molecule has 0 radical (unpaired) electrons. The number of hydrogen-bond donors (Lipinski definition) is 11. The van der Waals surface area contributed by atoms with Crippen LogP contribution in [0.15, 0.2) is 0 Å². The highest BCUT2D eigenvalue weighted by Crippen LogP contribution is 2.36. The van der Waals surface area contributed by atoms with E-state index in [0.717, 1.165) is 0 Å². The fourth-order valence-electron chi connectivity index (χ4n) is 4.01. The molecule has 14 atom stereocenters. The predicted octanol–water partition coefficient (Wildman–Crippen LogP) is -7.57. The van der Waals surface area contributed by atoms with E-state index in [1.54, 1.807) is 0 Å². The zero-order valence-electron chi connectivity index (χ0n) is 17.8. The summed E-state index contributed by atoms with van der Waals surface area (Å²) in [5.74, 6) is -2.36. The Morgan fingerprint density at radius 2 is 1.12 bits per heavy atom. The maximum atomic E-state index is 10.3. The van der Waals surface area contributed by atoms with E-state index >= 15 is 0 Å². The van der Waals surface area contributed by atoms with Crippen LogP contribution in [0.3, 0.4) is 0 Å². The van der Waals surface area contributed by atoms with Gasteiger partial charge in [-0.3, -0.25) is 0 Å². The van der Waals surface area contributed by atoms with Crippen molar-refractivity contribution in [2.45, 2.75) is 85.5 Å². The van der Waals surface area contributed by atoms with Crippen molar-refractivity contribution in [3.63, 3.8) is 0 Å². The average Bonchev–Trinajstić information content (AvgIpc) is 3.08. The lowest BCUT2D eigenvalue weighted by atomic mass is 9.98. The normalized spacial score (nSPS) is 52.1. The van der Waals surface area contributed by atoms with Crippen LogP contribution in [-0.4, -0.2) is 168 Å². The van der Waals surface area contributed by atoms with Crippen LogP contribution in [0.1, 0.15) is 0 Å². The van der Waals surface area contributed by atoms with Crippen LogP contribution in [-0.2, 0) is 23.7 Å². The van der Waals surface area contributed by atoms with E-state index < -0.39 is 112 Å². The molecule has 0 spiro atoms. The minimum Gasteiger partial charge on any atom is -0.394 e. The third-order valence-corrected chi connectivity index (χ3v) is 6.16. The molecular formula is C18H32O16. The molecule has 0 aromatic rings. The summed E-state index contributed by atoms with van der Waals surface area (Å²) in [6, 6.07) is 0. The summed E-state index contributed by atoms with van der Waals surface area (Å²) in [5.41, 5.74) is 0. The first-order valence-electron chi connectivity index (χ1n) is 10.6. The molecule has 0 amide bonds. The monoisotopic (exact) mass is 504 g/mol. The maximum Gasteiger partial charge on any atom is 0.224 e. The van der Waals surface area contributed by atoms with Crippen LogP contribution < -0.4 is 0 Å². The first-order valence-corrected chi connectivity index (χ1v) is 10.6. The van der Waals surface area contributed by atoms with Crippen molar-refractivity contribution >= 4 is 0 Å². The summed E-state index contributed by atoms with van der Waals surface area (Å²) < 4.78 is 26.4. The van der Waals surface area contributed by atoms with Crippen LogP contribution >= 0.6 is 0 Å². The molecule has 0 aromatic carbocycles. The predicted molar refractivity (Wildman–Crippen MR) is 101 cm³/mol. The molecule has 0 aromatic heterocycles. The molecule has 3 aliphatic rings. The van der Waals surface area contributed by atoms with Crippen molar-refractivity contribution in [1.29, 1.82) is 0 Å². The first-order chi connectivity index (χ1) is 16.0. The molecule has 3 saturated heterocycles. The molecule has 16 nitrogen and oxygen atoms in total. The van der Waals surface area contributed by atoms with Gasteiger partial charge in [0.05, 0.1) is 19.8 Å². The van der Waals surface area contributed by atoms with Crippen LogP contribution in [0.5, 0.6) is 0 Å². The van der Waals surface area contributed by atoms with E-state index in [0.29, 0.717) is 0 Å². The van der Waals surface area contributed by atoms with Crippen molar-refractivity contribution in [3.05, 3.63) is 0 Å². The van der Waals surface area contributed by atoms with Gasteiger partial charge in [0.1, 0.15) is 73.8 Å². The van der Waals surface area contributed by atoms with Gasteiger partial charge in [0.25, 0.3) is 0 Å². The zero-order chi connectivity index (χ0) is 25.4. The number of rotatable bonds is 8. The van der Waals surface area contributed by atoms with E-state index in [4.69, 9.17) is 23.7 Å². The standard InChI is InChI=1S/C18H32O16/c19-1-5-8(22)11(25)13(27)16(31-5)30-3-7-9(23)12(26)14(28)17(32-7)34-18(4-21)15(29)10(24)6(2-20)33-18/h5-17,19-29H,1-4H2/t5-,6-,7-,8+,9-,10-,11+,12+,13-,14-,15+,16?,17?,18+/m0/s1. The lowest BCUT2D eigenvalue weighted by Gasteiger charge is -2.44. The van der Waals surface area contributed by atoms with Crippen LogP contribution in [0.25, 0.3) is 0 Å². The van der Waals surface area contributed by atoms with E-state index in [1.807, 2.05) is 0 Å². The number of aliphatic hydroxyl groups is 11. The Hall–Kier alpha value is -0.640. The van der Waals surface area contributed by atoms with Gasteiger partial charge in [-0.25, -0.2) is 0 Å². The number of aliphatic hydroxyl groups excluding tert-OH is 11. The Kier molecular flexibility index (Phi) is 9.18. The van der Waals surface area contributed by atoms with Gasteiger partial charge >= 0.3 is 0 Å². The van der Waals surface area contributed by atoms with Crippen molar-refractivity contribution in [2.75, 3.05) is 26.4 Å². The molecule has 3 aliphatic heterocycles. The molecule has 2 unspecified atom stereocenters. The largest absolute Gasteiger partial charge is 0.394 e. The summed E-state index contributed by atoms with van der Waals surface area (Å²) >= 11 is 0. The highest BCUT2D eigenvalue weighted by Gasteiger charge is 2.58. The Bertz CT molecular complexity index is 653. The molecular weight excluding hydrogens is 472 g/mol. The summed E-state index contributed by atoms with van der Waals surface area (Å²) in [6.07, 6.45) is -21.8. The Morgan fingerprint density at radius 3 is 1.65 bits per heavy atom.